The molecule has 2 amide bonds. The number of hydrogen-bond donors (Lipinski definition) is 2. The smallest absolute Gasteiger partial charge is 0.329 e. The Kier molecular flexibility index (Phi) is 4.38. The van der Waals surface area contributed by atoms with Crippen molar-refractivity contribution in [3.8, 4) is 0 Å². The van der Waals surface area contributed by atoms with E-state index in [1.165, 1.54) is 7.05 Å². The topological polar surface area (TPSA) is 95.9 Å². The second kappa shape index (κ2) is 6.24. The molecule has 2 N–H and O–H groups in total. The van der Waals surface area contributed by atoms with Gasteiger partial charge < -0.3 is 9.84 Å². The Balaban J connectivity index is 2.14. The standard InChI is InChI=1S/C18H22N2O5/c1-4-25-17(24)18(9-21)13-12(15(22)20(3)16(13)23)14(19-18)11-8-6-5-7-10(11)2/h5-8,12-14,19,21H,4,9H2,1-3H3/t12-,13-,14+,18+/m0/s1. The molecule has 0 aromatic heterocycles. The molecular weight excluding hydrogens is 324 g/mol. The first-order chi connectivity index (χ1) is 11.9. The Hall–Kier alpha value is -2.25. The monoisotopic (exact) mass is 346 g/mol. The van der Waals surface area contributed by atoms with E-state index in [-0.39, 0.29) is 12.5 Å². The molecule has 0 radical (unpaired) electrons. The van der Waals surface area contributed by atoms with Crippen LogP contribution in [0.3, 0.4) is 0 Å². The van der Waals surface area contributed by atoms with Crippen LogP contribution in [0.15, 0.2) is 24.3 Å². The molecule has 7 nitrogen and oxygen atoms in total. The number of rotatable bonds is 4. The van der Waals surface area contributed by atoms with Crippen LogP contribution in [0.5, 0.6) is 0 Å². The minimum atomic E-state index is -1.62. The summed E-state index contributed by atoms with van der Waals surface area (Å²) in [4.78, 5) is 39.1. The van der Waals surface area contributed by atoms with E-state index in [0.717, 1.165) is 16.0 Å². The van der Waals surface area contributed by atoms with Crippen LogP contribution in [-0.2, 0) is 19.1 Å². The number of nitrogens with zero attached hydrogens (tertiary/aromatic N) is 1. The lowest BCUT2D eigenvalue weighted by Crippen LogP contribution is -2.58. The van der Waals surface area contributed by atoms with Gasteiger partial charge in [0.25, 0.3) is 0 Å². The number of aryl methyl sites for hydroxylation is 1. The van der Waals surface area contributed by atoms with Gasteiger partial charge >= 0.3 is 5.97 Å². The molecule has 1 aromatic rings. The van der Waals surface area contributed by atoms with Crippen molar-refractivity contribution in [2.45, 2.75) is 25.4 Å². The fourth-order valence-electron chi connectivity index (χ4n) is 4.01. The lowest BCUT2D eigenvalue weighted by atomic mass is 9.79. The van der Waals surface area contributed by atoms with Crippen LogP contribution in [0.4, 0.5) is 0 Å². The van der Waals surface area contributed by atoms with Gasteiger partial charge in [-0.05, 0) is 25.0 Å². The summed E-state index contributed by atoms with van der Waals surface area (Å²) in [6, 6.07) is 6.93. The van der Waals surface area contributed by atoms with Crippen molar-refractivity contribution >= 4 is 17.8 Å². The van der Waals surface area contributed by atoms with Gasteiger partial charge in [0.05, 0.1) is 25.0 Å². The largest absolute Gasteiger partial charge is 0.465 e. The number of benzene rings is 1. The highest BCUT2D eigenvalue weighted by atomic mass is 16.5. The highest BCUT2D eigenvalue weighted by Gasteiger charge is 2.68. The molecule has 2 fully saturated rings. The quantitative estimate of drug-likeness (QED) is 0.596. The van der Waals surface area contributed by atoms with Gasteiger partial charge in [0.2, 0.25) is 11.8 Å². The number of fused-ring (bicyclic) bond motifs is 1. The SMILES string of the molecule is CCOC(=O)[C@]1(CO)N[C@H](c2ccccc2C)[C@H]2C(=O)N(C)C(=O)[C@H]21. The zero-order valence-corrected chi connectivity index (χ0v) is 14.5. The first-order valence-electron chi connectivity index (χ1n) is 8.31. The highest BCUT2D eigenvalue weighted by molar-refractivity contribution is 6.09. The van der Waals surface area contributed by atoms with Crippen molar-refractivity contribution in [1.82, 2.24) is 10.2 Å². The average Bonchev–Trinajstić information content (AvgIpc) is 3.06. The summed E-state index contributed by atoms with van der Waals surface area (Å²) in [6.07, 6.45) is 0. The fourth-order valence-corrected chi connectivity index (χ4v) is 4.01. The number of aliphatic hydroxyl groups excluding tert-OH is 1. The molecule has 0 spiro atoms. The van der Waals surface area contributed by atoms with Gasteiger partial charge in [-0.2, -0.15) is 0 Å². The molecule has 1 aromatic carbocycles. The van der Waals surface area contributed by atoms with Gasteiger partial charge in [-0.25, -0.2) is 4.79 Å². The first kappa shape index (κ1) is 17.6. The minimum Gasteiger partial charge on any atom is -0.465 e. The summed E-state index contributed by atoms with van der Waals surface area (Å²) in [7, 11) is 1.41. The van der Waals surface area contributed by atoms with Crippen molar-refractivity contribution in [2.75, 3.05) is 20.3 Å². The van der Waals surface area contributed by atoms with E-state index in [0.29, 0.717) is 0 Å². The van der Waals surface area contributed by atoms with Crippen LogP contribution in [0.2, 0.25) is 0 Å². The van der Waals surface area contributed by atoms with Crippen LogP contribution >= 0.6 is 0 Å². The van der Waals surface area contributed by atoms with E-state index in [2.05, 4.69) is 5.32 Å². The zero-order chi connectivity index (χ0) is 18.4. The number of amides is 2. The number of likely N-dealkylation sites (tertiary alicyclic amines) is 1. The van der Waals surface area contributed by atoms with Gasteiger partial charge in [-0.3, -0.25) is 19.8 Å². The molecule has 0 unspecified atom stereocenters. The zero-order valence-electron chi connectivity index (χ0n) is 14.5. The lowest BCUT2D eigenvalue weighted by Gasteiger charge is -2.30. The van der Waals surface area contributed by atoms with E-state index in [1.807, 2.05) is 31.2 Å². The van der Waals surface area contributed by atoms with Gasteiger partial charge in [-0.1, -0.05) is 24.3 Å². The maximum atomic E-state index is 12.7. The van der Waals surface area contributed by atoms with E-state index in [1.54, 1.807) is 6.92 Å². The Bertz CT molecular complexity index is 734. The predicted molar refractivity (Wildman–Crippen MR) is 88.3 cm³/mol. The third-order valence-electron chi connectivity index (χ3n) is 5.29. The van der Waals surface area contributed by atoms with Crippen LogP contribution in [0.1, 0.15) is 24.1 Å². The summed E-state index contributed by atoms with van der Waals surface area (Å²) in [5.74, 6) is -3.27. The molecule has 2 aliphatic heterocycles. The molecule has 0 bridgehead atoms. The van der Waals surface area contributed by atoms with Gasteiger partial charge in [0.15, 0.2) is 5.54 Å². The molecule has 2 aliphatic rings. The average molecular weight is 346 g/mol. The molecule has 4 atom stereocenters. The number of imide groups is 1. The number of carbonyl (C=O) groups excluding carboxylic acids is 3. The third kappa shape index (κ3) is 2.38. The van der Waals surface area contributed by atoms with Gasteiger partial charge in [-0.15, -0.1) is 0 Å². The van der Waals surface area contributed by atoms with Crippen molar-refractivity contribution in [1.29, 1.82) is 0 Å². The van der Waals surface area contributed by atoms with Crippen LogP contribution < -0.4 is 5.32 Å². The first-order valence-corrected chi connectivity index (χ1v) is 8.31. The predicted octanol–water partition coefficient (Wildman–Crippen LogP) is 0.165. The second-order valence-corrected chi connectivity index (χ2v) is 6.57. The van der Waals surface area contributed by atoms with Crippen LogP contribution in [-0.4, -0.2) is 53.6 Å². The highest BCUT2D eigenvalue weighted by Crippen LogP contribution is 2.49. The van der Waals surface area contributed by atoms with Crippen LogP contribution in [0.25, 0.3) is 0 Å². The molecule has 0 aliphatic carbocycles. The van der Waals surface area contributed by atoms with Gasteiger partial charge in [0, 0.05) is 13.1 Å². The number of nitrogens with one attached hydrogen (secondary N) is 1. The molecule has 0 saturated carbocycles. The molecule has 2 heterocycles. The van der Waals surface area contributed by atoms with Crippen molar-refractivity contribution in [3.05, 3.63) is 35.4 Å². The second-order valence-electron chi connectivity index (χ2n) is 6.57. The maximum absolute atomic E-state index is 12.7. The molecule has 2 saturated heterocycles. The molecule has 3 rings (SSSR count). The number of carbonyl (C=O) groups is 3. The van der Waals surface area contributed by atoms with Gasteiger partial charge in [0.1, 0.15) is 0 Å². The van der Waals surface area contributed by atoms with E-state index in [9.17, 15) is 19.5 Å². The lowest BCUT2D eigenvalue weighted by molar-refractivity contribution is -0.158. The molecule has 134 valence electrons. The minimum absolute atomic E-state index is 0.118. The summed E-state index contributed by atoms with van der Waals surface area (Å²) in [5, 5.41) is 13.1. The van der Waals surface area contributed by atoms with Crippen LogP contribution in [0, 0.1) is 18.8 Å². The molecule has 7 heteroatoms. The molecule has 25 heavy (non-hydrogen) atoms. The summed E-state index contributed by atoms with van der Waals surface area (Å²) in [5.41, 5.74) is 0.144. The summed E-state index contributed by atoms with van der Waals surface area (Å²) < 4.78 is 5.12. The number of aliphatic hydroxyl groups is 1. The maximum Gasteiger partial charge on any atom is 0.329 e. The summed E-state index contributed by atoms with van der Waals surface area (Å²) >= 11 is 0. The normalized spacial score (nSPS) is 31.4. The third-order valence-corrected chi connectivity index (χ3v) is 5.29. The van der Waals surface area contributed by atoms with Crippen molar-refractivity contribution in [2.24, 2.45) is 11.8 Å². The van der Waals surface area contributed by atoms with E-state index >= 15 is 0 Å². The summed E-state index contributed by atoms with van der Waals surface area (Å²) in [6.45, 7) is 3.05. The number of ether oxygens (including phenoxy) is 1. The number of hydrogen-bond acceptors (Lipinski definition) is 6. The fraction of sp³-hybridized carbons (Fsp3) is 0.500. The van der Waals surface area contributed by atoms with E-state index < -0.39 is 41.9 Å². The van der Waals surface area contributed by atoms with E-state index in [4.69, 9.17) is 4.74 Å². The Labute approximate surface area is 146 Å². The Morgan fingerprint density at radius 2 is 2.00 bits per heavy atom. The Morgan fingerprint density at radius 1 is 1.32 bits per heavy atom. The number of esters is 1. The Morgan fingerprint density at radius 3 is 2.60 bits per heavy atom. The van der Waals surface area contributed by atoms with Crippen molar-refractivity contribution < 1.29 is 24.2 Å². The molecular formula is C18H22N2O5. The van der Waals surface area contributed by atoms with Crippen molar-refractivity contribution in [3.63, 3.8) is 0 Å².